The molecular weight excluding hydrogens is 317 g/mol. The van der Waals surface area contributed by atoms with E-state index >= 15 is 0 Å². The van der Waals surface area contributed by atoms with Gasteiger partial charge in [-0.2, -0.15) is 0 Å². The molecule has 0 aromatic heterocycles. The predicted molar refractivity (Wildman–Crippen MR) is 84.2 cm³/mol. The van der Waals surface area contributed by atoms with Crippen LogP contribution in [0.4, 0.5) is 4.39 Å². The lowest BCUT2D eigenvalue weighted by Gasteiger charge is -2.38. The van der Waals surface area contributed by atoms with Crippen molar-refractivity contribution in [2.75, 3.05) is 13.1 Å². The van der Waals surface area contributed by atoms with E-state index < -0.39 is 0 Å². The van der Waals surface area contributed by atoms with Crippen LogP contribution >= 0.6 is 15.9 Å². The van der Waals surface area contributed by atoms with Crippen molar-refractivity contribution < 1.29 is 4.39 Å². The highest BCUT2D eigenvalue weighted by Gasteiger charge is 2.50. The van der Waals surface area contributed by atoms with E-state index in [1.54, 1.807) is 12.1 Å². The first-order valence-electron chi connectivity index (χ1n) is 7.77. The fourth-order valence-corrected chi connectivity index (χ4v) is 4.96. The van der Waals surface area contributed by atoms with Crippen molar-refractivity contribution in [1.82, 2.24) is 5.32 Å². The van der Waals surface area contributed by atoms with Crippen LogP contribution in [0.2, 0.25) is 0 Å². The van der Waals surface area contributed by atoms with Crippen LogP contribution in [0.25, 0.3) is 0 Å². The maximum atomic E-state index is 13.3. The van der Waals surface area contributed by atoms with Gasteiger partial charge in [-0.1, -0.05) is 35.3 Å². The Kier molecular flexibility index (Phi) is 4.19. The third kappa shape index (κ3) is 2.67. The first-order chi connectivity index (χ1) is 9.63. The fourth-order valence-electron chi connectivity index (χ4n) is 4.47. The van der Waals surface area contributed by atoms with Crippen LogP contribution < -0.4 is 5.32 Å². The Morgan fingerprint density at radius 3 is 2.85 bits per heavy atom. The summed E-state index contributed by atoms with van der Waals surface area (Å²) in [6.07, 6.45) is 6.62. The standard InChI is InChI=1S/C17H23BrFN/c1-2-20-11-17(9-12-3-5-14(17)7-12)10-13-4-6-15(19)8-16(13)18/h4,6,8,12,14,20H,2-3,5,7,9-11H2,1H3. The molecule has 1 aromatic rings. The summed E-state index contributed by atoms with van der Waals surface area (Å²) in [6.45, 7) is 4.31. The van der Waals surface area contributed by atoms with Gasteiger partial charge < -0.3 is 5.32 Å². The van der Waals surface area contributed by atoms with Crippen LogP contribution in [0.1, 0.15) is 38.2 Å². The van der Waals surface area contributed by atoms with E-state index in [1.807, 2.05) is 6.07 Å². The second-order valence-corrected chi connectivity index (χ2v) is 7.49. The third-order valence-electron chi connectivity index (χ3n) is 5.39. The summed E-state index contributed by atoms with van der Waals surface area (Å²) in [4.78, 5) is 0. The van der Waals surface area contributed by atoms with Gasteiger partial charge in [0, 0.05) is 11.0 Å². The lowest BCUT2D eigenvalue weighted by Crippen LogP contribution is -2.40. The van der Waals surface area contributed by atoms with E-state index in [0.29, 0.717) is 5.41 Å². The summed E-state index contributed by atoms with van der Waals surface area (Å²) in [5, 5.41) is 3.58. The van der Waals surface area contributed by atoms with Crippen molar-refractivity contribution in [2.45, 2.75) is 39.0 Å². The molecule has 3 rings (SSSR count). The number of rotatable bonds is 5. The van der Waals surface area contributed by atoms with Crippen molar-refractivity contribution >= 4 is 15.9 Å². The van der Waals surface area contributed by atoms with Gasteiger partial charge in [0.25, 0.3) is 0 Å². The van der Waals surface area contributed by atoms with Crippen LogP contribution in [-0.2, 0) is 6.42 Å². The minimum Gasteiger partial charge on any atom is -0.316 e. The van der Waals surface area contributed by atoms with E-state index in [9.17, 15) is 4.39 Å². The molecule has 0 spiro atoms. The second-order valence-electron chi connectivity index (χ2n) is 6.64. The van der Waals surface area contributed by atoms with E-state index in [2.05, 4.69) is 28.2 Å². The van der Waals surface area contributed by atoms with Crippen LogP contribution in [0.15, 0.2) is 22.7 Å². The zero-order chi connectivity index (χ0) is 14.2. The maximum Gasteiger partial charge on any atom is 0.124 e. The van der Waals surface area contributed by atoms with Gasteiger partial charge in [0.1, 0.15) is 5.82 Å². The third-order valence-corrected chi connectivity index (χ3v) is 6.13. The van der Waals surface area contributed by atoms with Gasteiger partial charge in [0.2, 0.25) is 0 Å². The molecular formula is C17H23BrFN. The minimum absolute atomic E-state index is 0.158. The number of halogens is 2. The molecule has 0 aliphatic heterocycles. The minimum atomic E-state index is -0.158. The summed E-state index contributed by atoms with van der Waals surface area (Å²) in [5.41, 5.74) is 1.65. The highest BCUT2D eigenvalue weighted by molar-refractivity contribution is 9.10. The Balaban J connectivity index is 1.83. The van der Waals surface area contributed by atoms with E-state index in [-0.39, 0.29) is 5.82 Å². The summed E-state index contributed by atoms with van der Waals surface area (Å²) >= 11 is 3.54. The predicted octanol–water partition coefficient (Wildman–Crippen LogP) is 4.55. The molecule has 3 atom stereocenters. The topological polar surface area (TPSA) is 12.0 Å². The maximum absolute atomic E-state index is 13.3. The molecule has 2 bridgehead atoms. The summed E-state index contributed by atoms with van der Waals surface area (Å²) in [5.74, 6) is 1.62. The van der Waals surface area contributed by atoms with Crippen molar-refractivity contribution in [3.63, 3.8) is 0 Å². The average Bonchev–Trinajstić information content (AvgIpc) is 3.01. The summed E-state index contributed by atoms with van der Waals surface area (Å²) in [7, 11) is 0. The Hall–Kier alpha value is -0.410. The molecule has 2 aliphatic rings. The van der Waals surface area contributed by atoms with Gasteiger partial charge in [0.05, 0.1) is 0 Å². The molecule has 2 saturated carbocycles. The Labute approximate surface area is 129 Å². The van der Waals surface area contributed by atoms with Gasteiger partial charge in [-0.3, -0.25) is 0 Å². The summed E-state index contributed by atoms with van der Waals surface area (Å²) in [6, 6.07) is 5.15. The zero-order valence-corrected chi connectivity index (χ0v) is 13.7. The van der Waals surface area contributed by atoms with Crippen molar-refractivity contribution in [3.8, 4) is 0 Å². The first-order valence-corrected chi connectivity index (χ1v) is 8.57. The molecule has 2 fully saturated rings. The highest BCUT2D eigenvalue weighted by Crippen LogP contribution is 2.57. The average molecular weight is 340 g/mol. The summed E-state index contributed by atoms with van der Waals surface area (Å²) < 4.78 is 14.2. The van der Waals surface area contributed by atoms with Gasteiger partial charge in [-0.15, -0.1) is 0 Å². The molecule has 1 aromatic carbocycles. The molecule has 1 nitrogen and oxygen atoms in total. The fraction of sp³-hybridized carbons (Fsp3) is 0.647. The number of hydrogen-bond acceptors (Lipinski definition) is 1. The quantitative estimate of drug-likeness (QED) is 0.829. The first kappa shape index (κ1) is 14.5. The monoisotopic (exact) mass is 339 g/mol. The van der Waals surface area contributed by atoms with Gasteiger partial charge in [-0.25, -0.2) is 4.39 Å². The normalized spacial score (nSPS) is 31.9. The van der Waals surface area contributed by atoms with Gasteiger partial charge in [-0.05, 0) is 67.2 Å². The van der Waals surface area contributed by atoms with Crippen molar-refractivity contribution in [1.29, 1.82) is 0 Å². The molecule has 0 radical (unpaired) electrons. The molecule has 110 valence electrons. The van der Waals surface area contributed by atoms with Gasteiger partial charge in [0.15, 0.2) is 0 Å². The number of nitrogens with one attached hydrogen (secondary N) is 1. The number of fused-ring (bicyclic) bond motifs is 2. The highest BCUT2D eigenvalue weighted by atomic mass is 79.9. The molecule has 3 heteroatoms. The number of hydrogen-bond donors (Lipinski definition) is 1. The molecule has 0 amide bonds. The Morgan fingerprint density at radius 1 is 1.40 bits per heavy atom. The molecule has 3 unspecified atom stereocenters. The van der Waals surface area contributed by atoms with Crippen LogP contribution in [0, 0.1) is 23.1 Å². The molecule has 0 saturated heterocycles. The largest absolute Gasteiger partial charge is 0.316 e. The van der Waals surface area contributed by atoms with Crippen LogP contribution in [-0.4, -0.2) is 13.1 Å². The van der Waals surface area contributed by atoms with Crippen molar-refractivity contribution in [3.05, 3.63) is 34.1 Å². The lowest BCUT2D eigenvalue weighted by molar-refractivity contribution is 0.157. The lowest BCUT2D eigenvalue weighted by atomic mass is 9.69. The molecule has 20 heavy (non-hydrogen) atoms. The zero-order valence-electron chi connectivity index (χ0n) is 12.1. The SMILES string of the molecule is CCNCC1(Cc2ccc(F)cc2Br)CC2CCC1C2. The number of benzene rings is 1. The van der Waals surface area contributed by atoms with Gasteiger partial charge >= 0.3 is 0 Å². The Bertz CT molecular complexity index is 490. The van der Waals surface area contributed by atoms with Crippen molar-refractivity contribution in [2.24, 2.45) is 17.3 Å². The molecule has 1 N–H and O–H groups in total. The molecule has 0 heterocycles. The van der Waals surface area contributed by atoms with E-state index in [1.165, 1.54) is 31.2 Å². The van der Waals surface area contributed by atoms with E-state index in [4.69, 9.17) is 0 Å². The second kappa shape index (κ2) is 5.76. The Morgan fingerprint density at radius 2 is 2.25 bits per heavy atom. The van der Waals surface area contributed by atoms with Crippen LogP contribution in [0.3, 0.4) is 0 Å². The van der Waals surface area contributed by atoms with E-state index in [0.717, 1.165) is 35.8 Å². The molecule has 2 aliphatic carbocycles. The van der Waals surface area contributed by atoms with Crippen LogP contribution in [0.5, 0.6) is 0 Å². The smallest absolute Gasteiger partial charge is 0.124 e.